The summed E-state index contributed by atoms with van der Waals surface area (Å²) < 4.78 is 5.07. The second-order valence-electron chi connectivity index (χ2n) is 2.26. The van der Waals surface area contributed by atoms with Gasteiger partial charge >= 0.3 is 0 Å². The lowest BCUT2D eigenvalue weighted by molar-refractivity contribution is 0.144. The summed E-state index contributed by atoms with van der Waals surface area (Å²) in [4.78, 5) is 0. The molecule has 0 aliphatic rings. The first-order chi connectivity index (χ1) is 4.83. The number of rotatable bonds is 4. The van der Waals surface area contributed by atoms with Gasteiger partial charge in [-0.25, -0.2) is 0 Å². The summed E-state index contributed by atoms with van der Waals surface area (Å²) in [6.45, 7) is 10.2. The van der Waals surface area contributed by atoms with Crippen molar-refractivity contribution in [2.75, 3.05) is 13.2 Å². The lowest BCUT2D eigenvalue weighted by Crippen LogP contribution is -1.90. The maximum absolute atomic E-state index is 5.07. The van der Waals surface area contributed by atoms with E-state index >= 15 is 0 Å². The molecule has 0 rings (SSSR count). The van der Waals surface area contributed by atoms with Gasteiger partial charge in [0.15, 0.2) is 0 Å². The molecule has 0 atom stereocenters. The molecule has 0 heterocycles. The minimum atomic E-state index is 0.861. The first-order valence-corrected chi connectivity index (χ1v) is 4.41. The van der Waals surface area contributed by atoms with Gasteiger partial charge in [-0.2, -0.15) is 0 Å². The Balaban J connectivity index is 0. The maximum atomic E-state index is 5.07. The second kappa shape index (κ2) is 16.0. The normalized spacial score (nSPS) is 8.40. The standard InChI is InChI=1S/C6H14O.C3H8/c1-3-5-6-7-4-2;1-3-2/h3-6H2,1-2H3;3H2,1-2H3. The Morgan fingerprint density at radius 3 is 1.80 bits per heavy atom. The molecule has 0 aliphatic heterocycles. The van der Waals surface area contributed by atoms with Gasteiger partial charge in [-0.15, -0.1) is 0 Å². The summed E-state index contributed by atoms with van der Waals surface area (Å²) in [6.07, 6.45) is 3.69. The summed E-state index contributed by atoms with van der Waals surface area (Å²) in [7, 11) is 0. The lowest BCUT2D eigenvalue weighted by atomic mass is 10.4. The molecular formula is C9H22O. The molecule has 0 fully saturated rings. The fraction of sp³-hybridized carbons (Fsp3) is 1.00. The predicted molar refractivity (Wildman–Crippen MR) is 47.4 cm³/mol. The van der Waals surface area contributed by atoms with Crippen LogP contribution in [-0.2, 0) is 4.74 Å². The second-order valence-corrected chi connectivity index (χ2v) is 2.26. The molecule has 0 aromatic carbocycles. The van der Waals surface area contributed by atoms with Crippen molar-refractivity contribution in [2.24, 2.45) is 0 Å². The van der Waals surface area contributed by atoms with Gasteiger partial charge in [-0.1, -0.05) is 33.6 Å². The summed E-state index contributed by atoms with van der Waals surface area (Å²) in [5, 5.41) is 0. The topological polar surface area (TPSA) is 9.23 Å². The zero-order valence-electron chi connectivity index (χ0n) is 7.94. The molecule has 0 spiro atoms. The molecule has 1 heteroatoms. The molecule has 0 radical (unpaired) electrons. The number of unbranched alkanes of at least 4 members (excludes halogenated alkanes) is 1. The van der Waals surface area contributed by atoms with E-state index < -0.39 is 0 Å². The van der Waals surface area contributed by atoms with Crippen LogP contribution in [0.1, 0.15) is 47.0 Å². The molecule has 0 bridgehead atoms. The van der Waals surface area contributed by atoms with Gasteiger partial charge in [0.1, 0.15) is 0 Å². The van der Waals surface area contributed by atoms with E-state index in [0.717, 1.165) is 13.2 Å². The highest BCUT2D eigenvalue weighted by molar-refractivity contribution is 4.28. The van der Waals surface area contributed by atoms with Crippen molar-refractivity contribution in [3.8, 4) is 0 Å². The lowest BCUT2D eigenvalue weighted by Gasteiger charge is -1.94. The molecule has 1 nitrogen and oxygen atoms in total. The van der Waals surface area contributed by atoms with Crippen molar-refractivity contribution in [1.82, 2.24) is 0 Å². The Morgan fingerprint density at radius 1 is 1.00 bits per heavy atom. The van der Waals surface area contributed by atoms with Gasteiger partial charge in [0, 0.05) is 13.2 Å². The van der Waals surface area contributed by atoms with Gasteiger partial charge in [-0.3, -0.25) is 0 Å². The van der Waals surface area contributed by atoms with E-state index in [4.69, 9.17) is 4.74 Å². The van der Waals surface area contributed by atoms with Crippen LogP contribution in [-0.4, -0.2) is 13.2 Å². The van der Waals surface area contributed by atoms with Crippen LogP contribution >= 0.6 is 0 Å². The highest BCUT2D eigenvalue weighted by Gasteiger charge is 1.78. The molecule has 0 unspecified atom stereocenters. The average Bonchev–Trinajstić information content (AvgIpc) is 1.91. The fourth-order valence-corrected chi connectivity index (χ4v) is 0.391. The third-order valence-electron chi connectivity index (χ3n) is 0.846. The van der Waals surface area contributed by atoms with Crippen LogP contribution in [0, 0.1) is 0 Å². The third kappa shape index (κ3) is 24.6. The van der Waals surface area contributed by atoms with Crippen LogP contribution < -0.4 is 0 Å². The molecule has 0 aliphatic carbocycles. The maximum Gasteiger partial charge on any atom is 0.0465 e. The highest BCUT2D eigenvalue weighted by atomic mass is 16.5. The van der Waals surface area contributed by atoms with Crippen LogP contribution in [0.4, 0.5) is 0 Å². The molecule has 0 saturated heterocycles. The zero-order valence-corrected chi connectivity index (χ0v) is 7.94. The molecule has 0 aromatic heterocycles. The quantitative estimate of drug-likeness (QED) is 0.553. The van der Waals surface area contributed by atoms with Crippen molar-refractivity contribution in [1.29, 1.82) is 0 Å². The van der Waals surface area contributed by atoms with E-state index in [1.807, 2.05) is 6.92 Å². The fourth-order valence-electron chi connectivity index (χ4n) is 0.391. The Hall–Kier alpha value is -0.0400. The Morgan fingerprint density at radius 2 is 1.50 bits per heavy atom. The zero-order chi connectivity index (χ0) is 8.24. The van der Waals surface area contributed by atoms with E-state index in [0.29, 0.717) is 0 Å². The van der Waals surface area contributed by atoms with Crippen LogP contribution in [0.5, 0.6) is 0 Å². The van der Waals surface area contributed by atoms with E-state index in [1.165, 1.54) is 19.3 Å². The first-order valence-electron chi connectivity index (χ1n) is 4.41. The largest absolute Gasteiger partial charge is 0.382 e. The first kappa shape index (κ1) is 12.6. The predicted octanol–water partition coefficient (Wildman–Crippen LogP) is 3.24. The van der Waals surface area contributed by atoms with Crippen molar-refractivity contribution >= 4 is 0 Å². The van der Waals surface area contributed by atoms with Crippen LogP contribution in [0.3, 0.4) is 0 Å². The summed E-state index contributed by atoms with van der Waals surface area (Å²) in [6, 6.07) is 0. The van der Waals surface area contributed by atoms with Crippen LogP contribution in [0.15, 0.2) is 0 Å². The Kier molecular flexibility index (Phi) is 20.2. The minimum absolute atomic E-state index is 0.861. The molecule has 10 heavy (non-hydrogen) atoms. The Labute approximate surface area is 65.8 Å². The molecule has 0 amide bonds. The Bertz CT molecular complexity index is 31.7. The van der Waals surface area contributed by atoms with E-state index in [9.17, 15) is 0 Å². The molecular weight excluding hydrogens is 124 g/mol. The molecule has 64 valence electrons. The van der Waals surface area contributed by atoms with Crippen LogP contribution in [0.25, 0.3) is 0 Å². The number of hydrogen-bond donors (Lipinski definition) is 0. The molecule has 0 N–H and O–H groups in total. The summed E-state index contributed by atoms with van der Waals surface area (Å²) >= 11 is 0. The van der Waals surface area contributed by atoms with E-state index in [2.05, 4.69) is 20.8 Å². The smallest absolute Gasteiger partial charge is 0.0465 e. The third-order valence-corrected chi connectivity index (χ3v) is 0.846. The highest BCUT2D eigenvalue weighted by Crippen LogP contribution is 1.85. The van der Waals surface area contributed by atoms with Crippen molar-refractivity contribution in [3.05, 3.63) is 0 Å². The average molecular weight is 146 g/mol. The van der Waals surface area contributed by atoms with Gasteiger partial charge in [0.05, 0.1) is 0 Å². The van der Waals surface area contributed by atoms with Crippen molar-refractivity contribution < 1.29 is 4.74 Å². The summed E-state index contributed by atoms with van der Waals surface area (Å²) in [5.41, 5.74) is 0. The van der Waals surface area contributed by atoms with Crippen molar-refractivity contribution in [3.63, 3.8) is 0 Å². The SMILES string of the molecule is CCC.CCCCOCC. The molecule has 0 saturated carbocycles. The number of ether oxygens (including phenoxy) is 1. The molecule has 0 aromatic rings. The van der Waals surface area contributed by atoms with Crippen molar-refractivity contribution in [2.45, 2.75) is 47.0 Å². The minimum Gasteiger partial charge on any atom is -0.382 e. The number of hydrogen-bond acceptors (Lipinski definition) is 1. The van der Waals surface area contributed by atoms with Gasteiger partial charge in [-0.05, 0) is 13.3 Å². The monoisotopic (exact) mass is 146 g/mol. The van der Waals surface area contributed by atoms with Gasteiger partial charge < -0.3 is 4.74 Å². The van der Waals surface area contributed by atoms with Gasteiger partial charge in [0.25, 0.3) is 0 Å². The van der Waals surface area contributed by atoms with E-state index in [1.54, 1.807) is 0 Å². The summed E-state index contributed by atoms with van der Waals surface area (Å²) in [5.74, 6) is 0. The van der Waals surface area contributed by atoms with Gasteiger partial charge in [0.2, 0.25) is 0 Å². The van der Waals surface area contributed by atoms with Crippen LogP contribution in [0.2, 0.25) is 0 Å². The van der Waals surface area contributed by atoms with E-state index in [-0.39, 0.29) is 0 Å².